The minimum atomic E-state index is -0.408. The molecule has 1 heterocycles. The Morgan fingerprint density at radius 3 is 2.32 bits per heavy atom. The second-order valence-corrected chi connectivity index (χ2v) is 6.69. The highest BCUT2D eigenvalue weighted by molar-refractivity contribution is 7.97. The number of carbonyl (C=O) groups excluding carboxylic acids is 1. The van der Waals surface area contributed by atoms with E-state index in [-0.39, 0.29) is 17.5 Å². The van der Waals surface area contributed by atoms with Crippen LogP contribution < -0.4 is 4.72 Å². The predicted molar refractivity (Wildman–Crippen MR) is 115 cm³/mol. The molecular weight excluding hydrogens is 378 g/mol. The zero-order chi connectivity index (χ0) is 21.4. The minimum absolute atomic E-state index is 0.0225. The Kier molecular flexibility index (Phi) is 15.4. The van der Waals surface area contributed by atoms with Gasteiger partial charge in [0.05, 0.1) is 18.1 Å². The summed E-state index contributed by atoms with van der Waals surface area (Å²) in [4.78, 5) is 25.3. The van der Waals surface area contributed by atoms with Gasteiger partial charge in [-0.15, -0.1) is 0 Å². The molecule has 1 saturated heterocycles. The number of rotatable bonds is 8. The molecule has 1 atom stereocenters. The Morgan fingerprint density at radius 1 is 1.21 bits per heavy atom. The van der Waals surface area contributed by atoms with Gasteiger partial charge in [0.1, 0.15) is 0 Å². The summed E-state index contributed by atoms with van der Waals surface area (Å²) in [6.45, 7) is 13.4. The first-order chi connectivity index (χ1) is 13.6. The van der Waals surface area contributed by atoms with Gasteiger partial charge in [-0.1, -0.05) is 34.6 Å². The number of carbonyl (C=O) groups is 1. The molecule has 1 aromatic rings. The molecule has 0 bridgehead atoms. The molecule has 28 heavy (non-hydrogen) atoms. The van der Waals surface area contributed by atoms with Crippen molar-refractivity contribution in [2.24, 2.45) is 5.92 Å². The molecule has 1 fully saturated rings. The molecule has 0 spiro atoms. The Labute approximate surface area is 173 Å². The number of nitro groups is 1. The molecule has 1 aliphatic rings. The van der Waals surface area contributed by atoms with Crippen LogP contribution in [0.1, 0.15) is 47.5 Å². The third kappa shape index (κ3) is 10.1. The lowest BCUT2D eigenvalue weighted by molar-refractivity contribution is -0.384. The third-order valence-electron chi connectivity index (χ3n) is 3.90. The molecule has 0 saturated carbocycles. The van der Waals surface area contributed by atoms with Crippen molar-refractivity contribution >= 4 is 23.5 Å². The number of hydrogen-bond donors (Lipinski definition) is 1. The fourth-order valence-corrected chi connectivity index (χ4v) is 3.15. The molecule has 0 radical (unpaired) electrons. The first-order valence-electron chi connectivity index (χ1n) is 10.1. The van der Waals surface area contributed by atoms with Crippen molar-refractivity contribution < 1.29 is 14.5 Å². The SMILES string of the molecule is CC.CC.CC(CCCNSc1ccc([N+](=O)[O-])cc1)C(=O)N1CCOCC1. The predicted octanol–water partition coefficient (Wildman–Crippen LogP) is 4.52. The number of non-ortho nitro benzene ring substituents is 1. The van der Waals surface area contributed by atoms with Crippen LogP contribution in [0.25, 0.3) is 0 Å². The Bertz CT molecular complexity index is 549. The van der Waals surface area contributed by atoms with Gasteiger partial charge in [-0.05, 0) is 36.9 Å². The number of nitrogens with one attached hydrogen (secondary N) is 1. The van der Waals surface area contributed by atoms with E-state index in [1.165, 1.54) is 24.1 Å². The third-order valence-corrected chi connectivity index (χ3v) is 4.75. The van der Waals surface area contributed by atoms with Crippen LogP contribution in [0.2, 0.25) is 0 Å². The first kappa shape index (κ1) is 26.4. The van der Waals surface area contributed by atoms with E-state index >= 15 is 0 Å². The fourth-order valence-electron chi connectivity index (χ4n) is 2.47. The van der Waals surface area contributed by atoms with E-state index in [0.717, 1.165) is 24.3 Å². The number of hydrogen-bond acceptors (Lipinski definition) is 6. The molecule has 1 amide bonds. The highest BCUT2D eigenvalue weighted by Crippen LogP contribution is 2.19. The Hall–Kier alpha value is -1.64. The largest absolute Gasteiger partial charge is 0.378 e. The summed E-state index contributed by atoms with van der Waals surface area (Å²) in [5, 5.41) is 10.6. The van der Waals surface area contributed by atoms with Gasteiger partial charge < -0.3 is 9.64 Å². The van der Waals surface area contributed by atoms with Crippen molar-refractivity contribution in [2.45, 2.75) is 52.4 Å². The van der Waals surface area contributed by atoms with E-state index in [0.29, 0.717) is 26.3 Å². The van der Waals surface area contributed by atoms with Gasteiger partial charge in [-0.25, -0.2) is 0 Å². The average Bonchev–Trinajstić information content (AvgIpc) is 2.76. The topological polar surface area (TPSA) is 84.7 Å². The van der Waals surface area contributed by atoms with Crippen LogP contribution in [0.4, 0.5) is 5.69 Å². The van der Waals surface area contributed by atoms with Gasteiger partial charge in [-0.2, -0.15) is 0 Å². The fraction of sp³-hybridized carbons (Fsp3) is 0.650. The monoisotopic (exact) mass is 413 g/mol. The standard InChI is InChI=1S/C16H23N3O4S.2C2H6/c1-13(16(20)18-9-11-23-12-10-18)3-2-8-17-24-15-6-4-14(5-7-15)19(21)22;2*1-2/h4-7,13,17H,2-3,8-12H2,1H3;2*1-2H3. The highest BCUT2D eigenvalue weighted by atomic mass is 32.2. The van der Waals surface area contributed by atoms with Crippen molar-refractivity contribution in [2.75, 3.05) is 32.8 Å². The molecule has 160 valence electrons. The quantitative estimate of drug-likeness (QED) is 0.292. The van der Waals surface area contributed by atoms with Crippen LogP contribution in [-0.2, 0) is 9.53 Å². The van der Waals surface area contributed by atoms with Crippen LogP contribution in [-0.4, -0.2) is 48.6 Å². The molecule has 1 aromatic carbocycles. The Balaban J connectivity index is 0.00000171. The summed E-state index contributed by atoms with van der Waals surface area (Å²) < 4.78 is 8.49. The molecular formula is C20H35N3O4S. The van der Waals surface area contributed by atoms with Crippen LogP contribution >= 0.6 is 11.9 Å². The van der Waals surface area contributed by atoms with E-state index in [1.54, 1.807) is 12.1 Å². The number of nitrogens with zero attached hydrogens (tertiary/aromatic N) is 2. The van der Waals surface area contributed by atoms with Crippen LogP contribution in [0, 0.1) is 16.0 Å². The molecule has 7 nitrogen and oxygen atoms in total. The minimum Gasteiger partial charge on any atom is -0.378 e. The number of nitro benzene ring substituents is 1. The average molecular weight is 414 g/mol. The summed E-state index contributed by atoms with van der Waals surface area (Å²) in [7, 11) is 0. The van der Waals surface area contributed by atoms with Gasteiger partial charge in [0.15, 0.2) is 0 Å². The summed E-state index contributed by atoms with van der Waals surface area (Å²) in [6.07, 6.45) is 1.74. The maximum absolute atomic E-state index is 12.3. The van der Waals surface area contributed by atoms with Crippen molar-refractivity contribution in [3.63, 3.8) is 0 Å². The van der Waals surface area contributed by atoms with E-state index in [2.05, 4.69) is 4.72 Å². The molecule has 1 N–H and O–H groups in total. The maximum Gasteiger partial charge on any atom is 0.269 e. The zero-order valence-corrected chi connectivity index (χ0v) is 18.6. The van der Waals surface area contributed by atoms with Crippen molar-refractivity contribution in [3.05, 3.63) is 34.4 Å². The number of ether oxygens (including phenoxy) is 1. The van der Waals surface area contributed by atoms with Crippen molar-refractivity contribution in [1.82, 2.24) is 9.62 Å². The number of benzene rings is 1. The molecule has 0 aliphatic carbocycles. The summed E-state index contributed by atoms with van der Waals surface area (Å²) >= 11 is 1.44. The van der Waals surface area contributed by atoms with Crippen molar-refractivity contribution in [3.8, 4) is 0 Å². The van der Waals surface area contributed by atoms with Gasteiger partial charge >= 0.3 is 0 Å². The van der Waals surface area contributed by atoms with Gasteiger partial charge in [-0.3, -0.25) is 19.6 Å². The number of morpholine rings is 1. The Morgan fingerprint density at radius 2 is 1.79 bits per heavy atom. The highest BCUT2D eigenvalue weighted by Gasteiger charge is 2.21. The second-order valence-electron chi connectivity index (χ2n) is 5.73. The molecule has 2 rings (SSSR count). The maximum atomic E-state index is 12.3. The van der Waals surface area contributed by atoms with E-state index in [9.17, 15) is 14.9 Å². The van der Waals surface area contributed by atoms with Crippen LogP contribution in [0.5, 0.6) is 0 Å². The second kappa shape index (κ2) is 16.3. The van der Waals surface area contributed by atoms with Gasteiger partial charge in [0.25, 0.3) is 5.69 Å². The smallest absolute Gasteiger partial charge is 0.269 e. The molecule has 8 heteroatoms. The molecule has 1 unspecified atom stereocenters. The lowest BCUT2D eigenvalue weighted by Gasteiger charge is -2.29. The summed E-state index contributed by atoms with van der Waals surface area (Å²) in [5.74, 6) is 0.232. The van der Waals surface area contributed by atoms with E-state index in [1.807, 2.05) is 39.5 Å². The molecule has 0 aromatic heterocycles. The van der Waals surface area contributed by atoms with E-state index in [4.69, 9.17) is 4.74 Å². The molecule has 1 aliphatic heterocycles. The van der Waals surface area contributed by atoms with Crippen LogP contribution in [0.3, 0.4) is 0 Å². The lowest BCUT2D eigenvalue weighted by Crippen LogP contribution is -2.43. The van der Waals surface area contributed by atoms with Gasteiger partial charge in [0.2, 0.25) is 5.91 Å². The lowest BCUT2D eigenvalue weighted by atomic mass is 10.0. The van der Waals surface area contributed by atoms with Crippen molar-refractivity contribution in [1.29, 1.82) is 0 Å². The summed E-state index contributed by atoms with van der Waals surface area (Å²) in [6, 6.07) is 6.43. The van der Waals surface area contributed by atoms with E-state index < -0.39 is 4.92 Å². The first-order valence-corrected chi connectivity index (χ1v) is 10.9. The summed E-state index contributed by atoms with van der Waals surface area (Å²) in [5.41, 5.74) is 0.0924. The van der Waals surface area contributed by atoms with Crippen LogP contribution in [0.15, 0.2) is 29.2 Å². The number of amides is 1. The normalized spacial score (nSPS) is 14.1. The zero-order valence-electron chi connectivity index (χ0n) is 17.8. The van der Waals surface area contributed by atoms with Gasteiger partial charge in [0, 0.05) is 42.6 Å².